The molecule has 3 aromatic rings. The number of hydrogen-bond acceptors (Lipinski definition) is 6. The van der Waals surface area contributed by atoms with E-state index in [1.54, 1.807) is 29.7 Å². The van der Waals surface area contributed by atoms with Gasteiger partial charge in [0, 0.05) is 11.8 Å². The molecule has 0 saturated heterocycles. The van der Waals surface area contributed by atoms with E-state index in [1.807, 2.05) is 0 Å². The summed E-state index contributed by atoms with van der Waals surface area (Å²) < 4.78 is 7.33. The molecule has 0 fully saturated rings. The van der Waals surface area contributed by atoms with Crippen LogP contribution >= 0.6 is 34.8 Å². The number of nitrogens with zero attached hydrogens (tertiary/aromatic N) is 2. The van der Waals surface area contributed by atoms with Crippen molar-refractivity contribution in [1.82, 2.24) is 9.55 Å². The van der Waals surface area contributed by atoms with E-state index < -0.39 is 25.2 Å². The molecule has 0 aliphatic carbocycles. The first kappa shape index (κ1) is 22.8. The molecule has 0 radical (unpaired) electrons. The van der Waals surface area contributed by atoms with Crippen molar-refractivity contribution in [2.45, 2.75) is 6.92 Å². The van der Waals surface area contributed by atoms with Gasteiger partial charge in [0.05, 0.1) is 58.1 Å². The van der Waals surface area contributed by atoms with Crippen LogP contribution in [0.5, 0.6) is 5.75 Å². The highest BCUT2D eigenvalue weighted by Gasteiger charge is 2.30. The van der Waals surface area contributed by atoms with Crippen LogP contribution in [0.25, 0.3) is 16.6 Å². The summed E-state index contributed by atoms with van der Waals surface area (Å²) in [6.45, 7) is -0.0969. The van der Waals surface area contributed by atoms with Crippen LogP contribution in [0.4, 0.5) is 0 Å². The van der Waals surface area contributed by atoms with Crippen molar-refractivity contribution in [3.8, 4) is 11.4 Å². The minimum atomic E-state index is -1.29. The van der Waals surface area contributed by atoms with E-state index in [2.05, 4.69) is 4.98 Å². The van der Waals surface area contributed by atoms with Gasteiger partial charge in [-0.3, -0.25) is 4.79 Å². The summed E-state index contributed by atoms with van der Waals surface area (Å²) in [7, 11) is 0. The second-order valence-corrected chi connectivity index (χ2v) is 8.13. The van der Waals surface area contributed by atoms with Gasteiger partial charge in [-0.2, -0.15) is 0 Å². The number of aromatic nitrogens is 2. The zero-order chi connectivity index (χ0) is 22.1. The Hall–Kier alpha value is -1.87. The maximum absolute atomic E-state index is 12.9. The zero-order valence-corrected chi connectivity index (χ0v) is 18.2. The number of aryl methyl sites for hydroxylation is 1. The van der Waals surface area contributed by atoms with Gasteiger partial charge in [-0.1, -0.05) is 40.9 Å². The second-order valence-electron chi connectivity index (χ2n) is 6.96. The Kier molecular flexibility index (Phi) is 6.91. The first-order valence-electron chi connectivity index (χ1n) is 8.89. The van der Waals surface area contributed by atoms with Gasteiger partial charge in [-0.25, -0.2) is 4.98 Å². The molecule has 0 unspecified atom stereocenters. The predicted molar refractivity (Wildman–Crippen MR) is 116 cm³/mol. The highest BCUT2D eigenvalue weighted by atomic mass is 35.5. The quantitative estimate of drug-likeness (QED) is 0.456. The largest absolute Gasteiger partial charge is 0.490 e. The molecule has 10 heteroatoms. The molecule has 0 saturated carbocycles. The van der Waals surface area contributed by atoms with Crippen molar-refractivity contribution in [3.05, 3.63) is 61.6 Å². The van der Waals surface area contributed by atoms with Gasteiger partial charge in [0.15, 0.2) is 16.3 Å². The molecule has 3 N–H and O–H groups in total. The lowest BCUT2D eigenvalue weighted by Crippen LogP contribution is -2.40. The highest BCUT2D eigenvalue weighted by Crippen LogP contribution is 2.36. The van der Waals surface area contributed by atoms with Crippen LogP contribution in [0.1, 0.15) is 5.69 Å². The Bertz CT molecular complexity index is 1120. The number of rotatable bonds is 7. The number of halogens is 3. The maximum Gasteiger partial charge on any atom is 0.193 e. The highest BCUT2D eigenvalue weighted by molar-refractivity contribution is 6.38. The molecule has 2 aromatic heterocycles. The second kappa shape index (κ2) is 9.09. The van der Waals surface area contributed by atoms with Crippen LogP contribution in [0.2, 0.25) is 15.2 Å². The molecule has 0 amide bonds. The fraction of sp³-hybridized carbons (Fsp3) is 0.300. The number of pyridine rings is 2. The molecule has 0 spiro atoms. The van der Waals surface area contributed by atoms with Gasteiger partial charge in [-0.15, -0.1) is 0 Å². The Balaban J connectivity index is 2.28. The smallest absolute Gasteiger partial charge is 0.193 e. The molecule has 7 nitrogen and oxygen atoms in total. The first-order valence-corrected chi connectivity index (χ1v) is 10.0. The van der Waals surface area contributed by atoms with Crippen LogP contribution < -0.4 is 10.2 Å². The van der Waals surface area contributed by atoms with E-state index in [1.165, 1.54) is 12.3 Å². The Morgan fingerprint density at radius 3 is 2.27 bits per heavy atom. The number of aliphatic hydroxyl groups excluding tert-OH is 3. The number of fused-ring (bicyclic) bond motifs is 1. The molecular formula is C20H19Cl3N2O5. The van der Waals surface area contributed by atoms with E-state index in [4.69, 9.17) is 39.5 Å². The van der Waals surface area contributed by atoms with E-state index >= 15 is 0 Å². The van der Waals surface area contributed by atoms with Crippen LogP contribution in [0, 0.1) is 12.3 Å². The summed E-state index contributed by atoms with van der Waals surface area (Å²) in [6, 6.07) is 6.40. The number of benzene rings is 1. The summed E-state index contributed by atoms with van der Waals surface area (Å²) in [4.78, 5) is 17.0. The Morgan fingerprint density at radius 2 is 1.70 bits per heavy atom. The fourth-order valence-corrected chi connectivity index (χ4v) is 3.82. The molecular weight excluding hydrogens is 455 g/mol. The van der Waals surface area contributed by atoms with Crippen LogP contribution in [-0.2, 0) is 0 Å². The third-order valence-corrected chi connectivity index (χ3v) is 5.72. The molecule has 2 heterocycles. The SMILES string of the molecule is Cc1cc(=O)c2c(OCC(CO)(CO)CO)cnc(Cl)c2n1-c1c(Cl)cccc1Cl. The number of ether oxygens (including phenoxy) is 1. The van der Waals surface area contributed by atoms with Gasteiger partial charge in [0.25, 0.3) is 0 Å². The van der Waals surface area contributed by atoms with Gasteiger partial charge < -0.3 is 24.6 Å². The van der Waals surface area contributed by atoms with Gasteiger partial charge in [-0.05, 0) is 19.1 Å². The summed E-state index contributed by atoms with van der Waals surface area (Å²) in [5, 5.41) is 29.4. The lowest BCUT2D eigenvalue weighted by atomic mass is 9.92. The number of aliphatic hydroxyl groups is 3. The van der Waals surface area contributed by atoms with Gasteiger partial charge in [0.2, 0.25) is 0 Å². The molecule has 1 aromatic carbocycles. The predicted octanol–water partition coefficient (Wildman–Crippen LogP) is 3.00. The molecule has 0 aliphatic heterocycles. The molecule has 30 heavy (non-hydrogen) atoms. The summed E-state index contributed by atoms with van der Waals surface area (Å²) >= 11 is 19.1. The zero-order valence-electron chi connectivity index (χ0n) is 15.9. The summed E-state index contributed by atoms with van der Waals surface area (Å²) in [5.41, 5.74) is -0.458. The minimum Gasteiger partial charge on any atom is -0.490 e. The van der Waals surface area contributed by atoms with Crippen molar-refractivity contribution >= 4 is 45.7 Å². The van der Waals surface area contributed by atoms with Crippen molar-refractivity contribution in [2.24, 2.45) is 5.41 Å². The topological polar surface area (TPSA) is 105 Å². The van der Waals surface area contributed by atoms with Gasteiger partial charge in [0.1, 0.15) is 6.61 Å². The van der Waals surface area contributed by atoms with E-state index in [0.29, 0.717) is 21.4 Å². The molecule has 160 valence electrons. The third-order valence-electron chi connectivity index (χ3n) is 4.84. The molecule has 3 rings (SSSR count). The van der Waals surface area contributed by atoms with Gasteiger partial charge >= 0.3 is 0 Å². The standard InChI is InChI=1S/C20H19Cl3N2O5/c1-11-5-14(29)16-15(30-10-20(7-26,8-27)9-28)6-24-19(23)18(16)25(11)17-12(21)3-2-4-13(17)22/h2-6,26-28H,7-10H2,1H3. The first-order chi connectivity index (χ1) is 14.3. The molecule has 0 atom stereocenters. The average molecular weight is 474 g/mol. The summed E-state index contributed by atoms with van der Waals surface area (Å²) in [6.07, 6.45) is 1.27. The number of para-hydroxylation sites is 1. The lowest BCUT2D eigenvalue weighted by molar-refractivity contribution is -0.0256. The molecule has 0 bridgehead atoms. The van der Waals surface area contributed by atoms with E-state index in [9.17, 15) is 20.1 Å². The Morgan fingerprint density at radius 1 is 1.10 bits per heavy atom. The minimum absolute atomic E-state index is 0.0341. The Labute approximate surface area is 187 Å². The fourth-order valence-electron chi connectivity index (χ4n) is 3.02. The van der Waals surface area contributed by atoms with Crippen LogP contribution in [0.3, 0.4) is 0 Å². The van der Waals surface area contributed by atoms with Crippen LogP contribution in [-0.4, -0.2) is 51.3 Å². The normalized spacial score (nSPS) is 11.8. The lowest BCUT2D eigenvalue weighted by Gasteiger charge is -2.27. The van der Waals surface area contributed by atoms with E-state index in [-0.39, 0.29) is 33.8 Å². The third kappa shape index (κ3) is 4.01. The van der Waals surface area contributed by atoms with Crippen molar-refractivity contribution in [2.75, 3.05) is 26.4 Å². The number of hydrogen-bond donors (Lipinski definition) is 3. The van der Waals surface area contributed by atoms with Crippen molar-refractivity contribution in [1.29, 1.82) is 0 Å². The van der Waals surface area contributed by atoms with Crippen LogP contribution in [0.15, 0.2) is 35.3 Å². The van der Waals surface area contributed by atoms with Crippen molar-refractivity contribution in [3.63, 3.8) is 0 Å². The van der Waals surface area contributed by atoms with Crippen molar-refractivity contribution < 1.29 is 20.1 Å². The maximum atomic E-state index is 12.9. The van der Waals surface area contributed by atoms with E-state index in [0.717, 1.165) is 0 Å². The average Bonchev–Trinajstić information content (AvgIpc) is 2.72. The summed E-state index contributed by atoms with van der Waals surface area (Å²) in [5.74, 6) is 0.0797. The molecule has 0 aliphatic rings. The monoisotopic (exact) mass is 472 g/mol.